The van der Waals surface area contributed by atoms with E-state index in [0.29, 0.717) is 5.75 Å². The number of aryl methyl sites for hydroxylation is 1. The maximum Gasteiger partial charge on any atom is 0.261 e. The lowest BCUT2D eigenvalue weighted by Gasteiger charge is -2.23. The number of methoxy groups -OCH3 is 1. The molecule has 1 N–H and O–H groups in total. The van der Waals surface area contributed by atoms with Gasteiger partial charge in [0, 0.05) is 0 Å². The van der Waals surface area contributed by atoms with Crippen molar-refractivity contribution in [3.8, 4) is 11.5 Å². The van der Waals surface area contributed by atoms with E-state index in [1.807, 2.05) is 49.4 Å². The Morgan fingerprint density at radius 1 is 0.821 bits per heavy atom. The van der Waals surface area contributed by atoms with E-state index in [1.54, 1.807) is 38.3 Å². The Morgan fingerprint density at radius 3 is 2.00 bits per heavy atom. The first-order chi connectivity index (χ1) is 13.6. The Balaban J connectivity index is 1.75. The zero-order valence-corrected chi connectivity index (χ0v) is 16.4. The highest BCUT2D eigenvalue weighted by Crippen LogP contribution is 2.23. The first-order valence-electron chi connectivity index (χ1n) is 9.29. The van der Waals surface area contributed by atoms with Gasteiger partial charge < -0.3 is 14.8 Å². The van der Waals surface area contributed by atoms with Crippen LogP contribution < -0.4 is 14.8 Å². The number of ether oxygens (including phenoxy) is 2. The molecule has 0 spiro atoms. The molecule has 0 aliphatic carbocycles. The van der Waals surface area contributed by atoms with Crippen LogP contribution in [0.1, 0.15) is 29.7 Å². The molecule has 0 heterocycles. The third-order valence-corrected chi connectivity index (χ3v) is 4.57. The molecule has 2 unspecified atom stereocenters. The van der Waals surface area contributed by atoms with E-state index in [1.165, 1.54) is 5.56 Å². The number of amides is 1. The molecule has 28 heavy (non-hydrogen) atoms. The molecule has 0 saturated carbocycles. The number of carbonyl (C=O) groups is 1. The summed E-state index contributed by atoms with van der Waals surface area (Å²) < 4.78 is 10.9. The molecular formula is C24H25NO3. The summed E-state index contributed by atoms with van der Waals surface area (Å²) in [4.78, 5) is 12.8. The molecule has 2 atom stereocenters. The minimum absolute atomic E-state index is 0.176. The van der Waals surface area contributed by atoms with Gasteiger partial charge >= 0.3 is 0 Å². The fourth-order valence-electron chi connectivity index (χ4n) is 2.94. The molecule has 4 heteroatoms. The molecule has 144 valence electrons. The van der Waals surface area contributed by atoms with E-state index in [2.05, 4.69) is 17.4 Å². The molecule has 0 aliphatic rings. The Morgan fingerprint density at radius 2 is 1.39 bits per heavy atom. The average Bonchev–Trinajstić information content (AvgIpc) is 2.73. The molecule has 0 radical (unpaired) electrons. The molecule has 1 amide bonds. The Kier molecular flexibility index (Phi) is 6.33. The van der Waals surface area contributed by atoms with Crippen molar-refractivity contribution in [2.45, 2.75) is 26.0 Å². The standard InChI is InChI=1S/C24H25NO3/c1-17-9-11-20(12-10-17)23(19-7-5-4-6-8-19)25-24(26)18(2)28-22-15-13-21(27-3)14-16-22/h4-16,18,23H,1-3H3,(H,25,26). The van der Waals surface area contributed by atoms with Crippen LogP contribution in [0.2, 0.25) is 0 Å². The topological polar surface area (TPSA) is 47.6 Å². The number of carbonyl (C=O) groups excluding carboxylic acids is 1. The maximum atomic E-state index is 12.8. The smallest absolute Gasteiger partial charge is 0.261 e. The lowest BCUT2D eigenvalue weighted by atomic mass is 9.97. The van der Waals surface area contributed by atoms with E-state index < -0.39 is 6.10 Å². The van der Waals surface area contributed by atoms with E-state index in [9.17, 15) is 4.79 Å². The van der Waals surface area contributed by atoms with Gasteiger partial charge in [0.15, 0.2) is 6.10 Å². The van der Waals surface area contributed by atoms with Crippen LogP contribution in [0, 0.1) is 6.92 Å². The number of hydrogen-bond donors (Lipinski definition) is 1. The van der Waals surface area contributed by atoms with Gasteiger partial charge in [0.05, 0.1) is 13.2 Å². The fraction of sp³-hybridized carbons (Fsp3) is 0.208. The molecule has 3 rings (SSSR count). The van der Waals surface area contributed by atoms with Crippen LogP contribution in [0.4, 0.5) is 0 Å². The van der Waals surface area contributed by atoms with Crippen LogP contribution in [0.25, 0.3) is 0 Å². The van der Waals surface area contributed by atoms with Gasteiger partial charge in [0.25, 0.3) is 5.91 Å². The molecule has 4 nitrogen and oxygen atoms in total. The zero-order valence-electron chi connectivity index (χ0n) is 16.4. The summed E-state index contributed by atoms with van der Waals surface area (Å²) in [5.74, 6) is 1.19. The Hall–Kier alpha value is -3.27. The number of nitrogens with one attached hydrogen (secondary N) is 1. The van der Waals surface area contributed by atoms with E-state index >= 15 is 0 Å². The van der Waals surface area contributed by atoms with Crippen LogP contribution in [-0.4, -0.2) is 19.1 Å². The number of benzene rings is 3. The second-order valence-electron chi connectivity index (χ2n) is 6.70. The largest absolute Gasteiger partial charge is 0.497 e. The van der Waals surface area contributed by atoms with Gasteiger partial charge in [0.1, 0.15) is 11.5 Å². The predicted octanol–water partition coefficient (Wildman–Crippen LogP) is 4.68. The van der Waals surface area contributed by atoms with Crippen molar-refractivity contribution in [1.29, 1.82) is 0 Å². The summed E-state index contributed by atoms with van der Waals surface area (Å²) in [6.45, 7) is 3.79. The van der Waals surface area contributed by atoms with E-state index in [0.717, 1.165) is 16.9 Å². The van der Waals surface area contributed by atoms with Crippen molar-refractivity contribution in [3.05, 3.63) is 95.6 Å². The first-order valence-corrected chi connectivity index (χ1v) is 9.29. The molecule has 0 saturated heterocycles. The SMILES string of the molecule is COc1ccc(OC(C)C(=O)NC(c2ccccc2)c2ccc(C)cc2)cc1. The lowest BCUT2D eigenvalue weighted by molar-refractivity contribution is -0.127. The summed E-state index contributed by atoms with van der Waals surface area (Å²) in [5.41, 5.74) is 3.23. The summed E-state index contributed by atoms with van der Waals surface area (Å²) in [6.07, 6.45) is -0.634. The number of rotatable bonds is 7. The monoisotopic (exact) mass is 375 g/mol. The predicted molar refractivity (Wildman–Crippen MR) is 111 cm³/mol. The normalized spacial score (nSPS) is 12.7. The van der Waals surface area contributed by atoms with Gasteiger partial charge in [-0.1, -0.05) is 60.2 Å². The third kappa shape index (κ3) is 4.92. The third-order valence-electron chi connectivity index (χ3n) is 4.57. The van der Waals surface area contributed by atoms with Crippen molar-refractivity contribution in [2.24, 2.45) is 0 Å². The van der Waals surface area contributed by atoms with Crippen LogP contribution >= 0.6 is 0 Å². The highest BCUT2D eigenvalue weighted by molar-refractivity contribution is 5.81. The highest BCUT2D eigenvalue weighted by Gasteiger charge is 2.21. The van der Waals surface area contributed by atoms with Crippen LogP contribution in [0.3, 0.4) is 0 Å². The molecular weight excluding hydrogens is 350 g/mol. The van der Waals surface area contributed by atoms with E-state index in [-0.39, 0.29) is 11.9 Å². The summed E-state index contributed by atoms with van der Waals surface area (Å²) in [6, 6.07) is 25.1. The fourth-order valence-corrected chi connectivity index (χ4v) is 2.94. The zero-order chi connectivity index (χ0) is 19.9. The van der Waals surface area contributed by atoms with Crippen molar-refractivity contribution in [1.82, 2.24) is 5.32 Å². The number of hydrogen-bond acceptors (Lipinski definition) is 3. The van der Waals surface area contributed by atoms with Gasteiger partial charge in [0.2, 0.25) is 0 Å². The van der Waals surface area contributed by atoms with Crippen molar-refractivity contribution >= 4 is 5.91 Å². The minimum Gasteiger partial charge on any atom is -0.497 e. The molecule has 3 aromatic rings. The van der Waals surface area contributed by atoms with Gasteiger partial charge in [-0.2, -0.15) is 0 Å². The highest BCUT2D eigenvalue weighted by atomic mass is 16.5. The van der Waals surface area contributed by atoms with Crippen molar-refractivity contribution in [3.63, 3.8) is 0 Å². The lowest BCUT2D eigenvalue weighted by Crippen LogP contribution is -2.39. The molecule has 0 bridgehead atoms. The Bertz CT molecular complexity index is 889. The molecule has 3 aromatic carbocycles. The van der Waals surface area contributed by atoms with Gasteiger partial charge in [-0.25, -0.2) is 0 Å². The van der Waals surface area contributed by atoms with Crippen LogP contribution in [0.15, 0.2) is 78.9 Å². The summed E-state index contributed by atoms with van der Waals surface area (Å²) in [7, 11) is 1.61. The average molecular weight is 375 g/mol. The van der Waals surface area contributed by atoms with Crippen LogP contribution in [-0.2, 0) is 4.79 Å². The second kappa shape index (κ2) is 9.09. The second-order valence-corrected chi connectivity index (χ2v) is 6.70. The van der Waals surface area contributed by atoms with Crippen LogP contribution in [0.5, 0.6) is 11.5 Å². The minimum atomic E-state index is -0.634. The maximum absolute atomic E-state index is 12.8. The summed E-state index contributed by atoms with van der Waals surface area (Å²) >= 11 is 0. The van der Waals surface area contributed by atoms with Crippen molar-refractivity contribution < 1.29 is 14.3 Å². The van der Waals surface area contributed by atoms with E-state index in [4.69, 9.17) is 9.47 Å². The molecule has 0 fully saturated rings. The Labute approximate surface area is 166 Å². The summed E-state index contributed by atoms with van der Waals surface area (Å²) in [5, 5.41) is 3.12. The van der Waals surface area contributed by atoms with Gasteiger partial charge in [-0.3, -0.25) is 4.79 Å². The van der Waals surface area contributed by atoms with Gasteiger partial charge in [-0.15, -0.1) is 0 Å². The van der Waals surface area contributed by atoms with Crippen molar-refractivity contribution in [2.75, 3.05) is 7.11 Å². The first kappa shape index (κ1) is 19.5. The quantitative estimate of drug-likeness (QED) is 0.652. The molecule has 0 aromatic heterocycles. The molecule has 0 aliphatic heterocycles. The van der Waals surface area contributed by atoms with Gasteiger partial charge in [-0.05, 0) is 49.2 Å².